The second-order valence-corrected chi connectivity index (χ2v) is 3.79. The van der Waals surface area contributed by atoms with Gasteiger partial charge in [0.05, 0.1) is 17.0 Å². The maximum Gasteiger partial charge on any atom is 0.416 e. The number of rotatable bonds is 2. The van der Waals surface area contributed by atoms with Gasteiger partial charge in [-0.3, -0.25) is 0 Å². The van der Waals surface area contributed by atoms with Gasteiger partial charge < -0.3 is 5.73 Å². The first kappa shape index (κ1) is 13.4. The van der Waals surface area contributed by atoms with Crippen LogP contribution in [-0.2, 0) is 12.7 Å². The highest BCUT2D eigenvalue weighted by atomic mass is 19.4. The molecule has 19 heavy (non-hydrogen) atoms. The number of halogens is 4. The second kappa shape index (κ2) is 4.93. The molecule has 2 aromatic rings. The average Bonchev–Trinajstić information content (AvgIpc) is 2.37. The molecule has 2 N–H and O–H groups in total. The molecule has 0 aliphatic heterocycles. The summed E-state index contributed by atoms with van der Waals surface area (Å²) in [5, 5.41) is 0. The maximum atomic E-state index is 13.7. The van der Waals surface area contributed by atoms with Gasteiger partial charge in [0.2, 0.25) is 0 Å². The van der Waals surface area contributed by atoms with Crippen LogP contribution in [0.4, 0.5) is 17.6 Å². The predicted octanol–water partition coefficient (Wildman–Crippen LogP) is 2.76. The molecule has 7 heteroatoms. The molecule has 0 bridgehead atoms. The summed E-state index contributed by atoms with van der Waals surface area (Å²) in [6.07, 6.45) is -3.39. The summed E-state index contributed by atoms with van der Waals surface area (Å²) in [6, 6.07) is 3.73. The lowest BCUT2D eigenvalue weighted by Crippen LogP contribution is -2.06. The lowest BCUT2D eigenvalue weighted by atomic mass is 10.1. The van der Waals surface area contributed by atoms with Crippen LogP contribution >= 0.6 is 0 Å². The number of nitrogens with two attached hydrogens (primary N) is 1. The zero-order chi connectivity index (χ0) is 14.0. The highest BCUT2D eigenvalue weighted by Gasteiger charge is 2.31. The molecule has 0 amide bonds. The fraction of sp³-hybridized carbons (Fsp3) is 0.167. The molecule has 1 aromatic carbocycles. The molecule has 0 fully saturated rings. The predicted molar refractivity (Wildman–Crippen MR) is 60.3 cm³/mol. The van der Waals surface area contributed by atoms with Crippen molar-refractivity contribution in [3.63, 3.8) is 0 Å². The molecule has 1 heterocycles. The van der Waals surface area contributed by atoms with Crippen LogP contribution in [0.5, 0.6) is 0 Å². The summed E-state index contributed by atoms with van der Waals surface area (Å²) in [5.41, 5.74) is 4.99. The van der Waals surface area contributed by atoms with Crippen LogP contribution in [0.2, 0.25) is 0 Å². The highest BCUT2D eigenvalue weighted by Crippen LogP contribution is 2.32. The van der Waals surface area contributed by atoms with E-state index in [0.29, 0.717) is 11.8 Å². The van der Waals surface area contributed by atoms with E-state index in [0.717, 1.165) is 12.1 Å². The van der Waals surface area contributed by atoms with Gasteiger partial charge in [-0.05, 0) is 24.3 Å². The molecule has 2 rings (SSSR count). The van der Waals surface area contributed by atoms with E-state index in [1.54, 1.807) is 0 Å². The van der Waals surface area contributed by atoms with Crippen LogP contribution in [0.25, 0.3) is 11.3 Å². The number of alkyl halides is 3. The summed E-state index contributed by atoms with van der Waals surface area (Å²) in [4.78, 5) is 7.65. The number of aromatic nitrogens is 2. The Morgan fingerprint density at radius 2 is 1.84 bits per heavy atom. The van der Waals surface area contributed by atoms with E-state index in [9.17, 15) is 17.6 Å². The van der Waals surface area contributed by atoms with Crippen LogP contribution < -0.4 is 5.73 Å². The van der Waals surface area contributed by atoms with E-state index in [2.05, 4.69) is 9.97 Å². The zero-order valence-electron chi connectivity index (χ0n) is 9.58. The van der Waals surface area contributed by atoms with Gasteiger partial charge in [-0.1, -0.05) is 0 Å². The van der Waals surface area contributed by atoms with Crippen molar-refractivity contribution in [3.05, 3.63) is 47.7 Å². The molecular formula is C12H9F4N3. The summed E-state index contributed by atoms with van der Waals surface area (Å²) in [5.74, 6) is -0.989. The lowest BCUT2D eigenvalue weighted by Gasteiger charge is -2.09. The molecule has 0 aliphatic carbocycles. The lowest BCUT2D eigenvalue weighted by molar-refractivity contribution is -0.137. The summed E-state index contributed by atoms with van der Waals surface area (Å²) in [6.45, 7) is 0.137. The van der Waals surface area contributed by atoms with Crippen molar-refractivity contribution in [1.82, 2.24) is 9.97 Å². The molecule has 0 aliphatic rings. The fourth-order valence-electron chi connectivity index (χ4n) is 1.56. The Morgan fingerprint density at radius 3 is 2.42 bits per heavy atom. The average molecular weight is 271 g/mol. The molecule has 0 radical (unpaired) electrons. The van der Waals surface area contributed by atoms with Crippen molar-refractivity contribution in [2.45, 2.75) is 12.7 Å². The van der Waals surface area contributed by atoms with Crippen molar-refractivity contribution >= 4 is 0 Å². The van der Waals surface area contributed by atoms with Crippen molar-refractivity contribution in [2.24, 2.45) is 5.73 Å². The Bertz CT molecular complexity index is 596. The molecular weight excluding hydrogens is 262 g/mol. The molecule has 3 nitrogen and oxygen atoms in total. The van der Waals surface area contributed by atoms with Crippen molar-refractivity contribution in [2.75, 3.05) is 0 Å². The number of hydrogen-bond acceptors (Lipinski definition) is 3. The minimum absolute atomic E-state index is 0.0231. The van der Waals surface area contributed by atoms with Crippen LogP contribution in [-0.4, -0.2) is 9.97 Å². The first-order chi connectivity index (χ1) is 8.91. The molecule has 1 aromatic heterocycles. The van der Waals surface area contributed by atoms with Crippen LogP contribution in [0.15, 0.2) is 30.6 Å². The topological polar surface area (TPSA) is 51.8 Å². The normalized spacial score (nSPS) is 11.6. The first-order valence-corrected chi connectivity index (χ1v) is 5.30. The van der Waals surface area contributed by atoms with Crippen molar-refractivity contribution < 1.29 is 17.6 Å². The van der Waals surface area contributed by atoms with Crippen molar-refractivity contribution in [1.29, 1.82) is 0 Å². The Morgan fingerprint density at radius 1 is 1.11 bits per heavy atom. The quantitative estimate of drug-likeness (QED) is 0.854. The van der Waals surface area contributed by atoms with E-state index < -0.39 is 17.6 Å². The van der Waals surface area contributed by atoms with E-state index in [-0.39, 0.29) is 17.8 Å². The van der Waals surface area contributed by atoms with Crippen LogP contribution in [0.3, 0.4) is 0 Å². The Hall–Kier alpha value is -2.02. The zero-order valence-corrected chi connectivity index (χ0v) is 9.58. The summed E-state index contributed by atoms with van der Waals surface area (Å²) < 4.78 is 50.9. The highest BCUT2D eigenvalue weighted by molar-refractivity contribution is 5.60. The third-order valence-electron chi connectivity index (χ3n) is 2.51. The van der Waals surface area contributed by atoms with E-state index in [1.807, 2.05) is 0 Å². The van der Waals surface area contributed by atoms with Gasteiger partial charge in [0.25, 0.3) is 0 Å². The van der Waals surface area contributed by atoms with E-state index in [4.69, 9.17) is 5.73 Å². The van der Waals surface area contributed by atoms with Gasteiger partial charge in [-0.25, -0.2) is 14.4 Å². The molecule has 0 unspecified atom stereocenters. The summed E-state index contributed by atoms with van der Waals surface area (Å²) >= 11 is 0. The smallest absolute Gasteiger partial charge is 0.325 e. The monoisotopic (exact) mass is 271 g/mol. The van der Waals surface area contributed by atoms with Crippen molar-refractivity contribution in [3.8, 4) is 11.3 Å². The molecule has 100 valence electrons. The maximum absolute atomic E-state index is 13.7. The Labute approximate surface area is 106 Å². The van der Waals surface area contributed by atoms with Gasteiger partial charge >= 0.3 is 6.18 Å². The van der Waals surface area contributed by atoms with Crippen LogP contribution in [0, 0.1) is 5.82 Å². The number of nitrogens with zero attached hydrogens (tertiary/aromatic N) is 2. The fourth-order valence-corrected chi connectivity index (χ4v) is 1.56. The minimum Gasteiger partial charge on any atom is -0.325 e. The van der Waals surface area contributed by atoms with Crippen LogP contribution in [0.1, 0.15) is 11.3 Å². The largest absolute Gasteiger partial charge is 0.416 e. The molecule has 0 saturated heterocycles. The van der Waals surface area contributed by atoms with Gasteiger partial charge in [-0.2, -0.15) is 13.2 Å². The molecule has 0 spiro atoms. The third-order valence-corrected chi connectivity index (χ3v) is 2.51. The SMILES string of the molecule is NCc1cc(-c2ccc(C(F)(F)F)cc2F)ncn1. The number of benzene rings is 1. The minimum atomic E-state index is -4.58. The second-order valence-electron chi connectivity index (χ2n) is 3.79. The molecule has 0 atom stereocenters. The van der Waals surface area contributed by atoms with Gasteiger partial charge in [0.1, 0.15) is 12.1 Å². The van der Waals surface area contributed by atoms with Gasteiger partial charge in [0, 0.05) is 12.1 Å². The summed E-state index contributed by atoms with van der Waals surface area (Å²) in [7, 11) is 0. The standard InChI is InChI=1S/C12H9F4N3/c13-10-3-7(12(14,15)16)1-2-9(10)11-4-8(5-17)18-6-19-11/h1-4,6H,5,17H2. The third kappa shape index (κ3) is 2.87. The van der Waals surface area contributed by atoms with E-state index in [1.165, 1.54) is 12.4 Å². The van der Waals surface area contributed by atoms with Gasteiger partial charge in [-0.15, -0.1) is 0 Å². The molecule has 0 saturated carbocycles. The Balaban J connectivity index is 2.46. The first-order valence-electron chi connectivity index (χ1n) is 5.30. The van der Waals surface area contributed by atoms with E-state index >= 15 is 0 Å². The Kier molecular flexibility index (Phi) is 3.48. The van der Waals surface area contributed by atoms with Gasteiger partial charge in [0.15, 0.2) is 0 Å². The number of hydrogen-bond donors (Lipinski definition) is 1.